The van der Waals surface area contributed by atoms with E-state index in [1.807, 2.05) is 18.2 Å². The molecule has 0 saturated heterocycles. The van der Waals surface area contributed by atoms with Gasteiger partial charge in [-0.1, -0.05) is 13.8 Å². The van der Waals surface area contributed by atoms with Crippen LogP contribution in [0.4, 0.5) is 0 Å². The van der Waals surface area contributed by atoms with Crippen LogP contribution in [0.3, 0.4) is 0 Å². The lowest BCUT2D eigenvalue weighted by molar-refractivity contribution is 0.297. The van der Waals surface area contributed by atoms with E-state index in [2.05, 4.69) is 31.0 Å². The molecule has 6 heteroatoms. The maximum absolute atomic E-state index is 5.76. The zero-order chi connectivity index (χ0) is 16.2. The van der Waals surface area contributed by atoms with Gasteiger partial charge in [-0.05, 0) is 31.0 Å². The highest BCUT2D eigenvalue weighted by Crippen LogP contribution is 2.39. The van der Waals surface area contributed by atoms with E-state index < -0.39 is 0 Å². The molecule has 0 aliphatic carbocycles. The maximum atomic E-state index is 5.76. The molecule has 124 valence electrons. The van der Waals surface area contributed by atoms with Gasteiger partial charge in [-0.15, -0.1) is 22.0 Å². The molecule has 0 unspecified atom stereocenters. The monoisotopic (exact) mass is 334 g/mol. The van der Waals surface area contributed by atoms with Crippen LogP contribution in [-0.2, 0) is 6.42 Å². The van der Waals surface area contributed by atoms with E-state index in [1.54, 1.807) is 11.8 Å². The van der Waals surface area contributed by atoms with Gasteiger partial charge in [0, 0.05) is 17.7 Å². The van der Waals surface area contributed by atoms with Crippen LogP contribution in [-0.4, -0.2) is 23.4 Å². The molecule has 1 aromatic heterocycles. The van der Waals surface area contributed by atoms with Crippen molar-refractivity contribution in [3.05, 3.63) is 30.0 Å². The maximum Gasteiger partial charge on any atom is 0.229 e. The van der Waals surface area contributed by atoms with Crippen molar-refractivity contribution < 1.29 is 13.9 Å². The van der Waals surface area contributed by atoms with Crippen molar-refractivity contribution in [2.24, 2.45) is 5.92 Å². The number of benzene rings is 1. The summed E-state index contributed by atoms with van der Waals surface area (Å²) < 4.78 is 17.2. The topological polar surface area (TPSA) is 57.4 Å². The van der Waals surface area contributed by atoms with E-state index in [0.717, 1.165) is 29.2 Å². The summed E-state index contributed by atoms with van der Waals surface area (Å²) in [6.07, 6.45) is 1.72. The van der Waals surface area contributed by atoms with Crippen molar-refractivity contribution in [1.82, 2.24) is 10.2 Å². The van der Waals surface area contributed by atoms with Gasteiger partial charge in [-0.3, -0.25) is 0 Å². The fraction of sp³-hybridized carbons (Fsp3) is 0.529. The van der Waals surface area contributed by atoms with Crippen molar-refractivity contribution in [3.63, 3.8) is 0 Å². The van der Waals surface area contributed by atoms with Crippen molar-refractivity contribution >= 4 is 11.8 Å². The molecular formula is C17H22N2O3S. The second-order valence-corrected chi connectivity index (χ2v) is 7.47. The fourth-order valence-corrected chi connectivity index (χ4v) is 3.26. The Morgan fingerprint density at radius 3 is 2.65 bits per heavy atom. The van der Waals surface area contributed by atoms with Crippen molar-refractivity contribution in [3.8, 4) is 11.5 Å². The summed E-state index contributed by atoms with van der Waals surface area (Å²) in [6.45, 7) is 7.75. The van der Waals surface area contributed by atoms with Crippen LogP contribution in [0, 0.1) is 5.92 Å². The van der Waals surface area contributed by atoms with Crippen LogP contribution < -0.4 is 9.47 Å². The zero-order valence-corrected chi connectivity index (χ0v) is 14.6. The molecule has 1 aliphatic heterocycles. The molecule has 5 nitrogen and oxygen atoms in total. The summed E-state index contributed by atoms with van der Waals surface area (Å²) in [5.41, 5.74) is 0. The van der Waals surface area contributed by atoms with Gasteiger partial charge >= 0.3 is 0 Å². The molecule has 0 radical (unpaired) electrons. The minimum absolute atomic E-state index is 0.0909. The molecular weight excluding hydrogens is 312 g/mol. The number of nitrogens with zero attached hydrogens (tertiary/aromatic N) is 2. The van der Waals surface area contributed by atoms with Crippen LogP contribution in [0.2, 0.25) is 0 Å². The zero-order valence-electron chi connectivity index (χ0n) is 13.7. The predicted octanol–water partition coefficient (Wildman–Crippen LogP) is 4.28. The average Bonchev–Trinajstić information content (AvgIpc) is 2.84. The summed E-state index contributed by atoms with van der Waals surface area (Å²) in [6, 6.07) is 6.03. The minimum Gasteiger partial charge on any atom is -0.490 e. The second kappa shape index (κ2) is 7.25. The smallest absolute Gasteiger partial charge is 0.229 e. The van der Waals surface area contributed by atoms with E-state index in [9.17, 15) is 0 Å². The summed E-state index contributed by atoms with van der Waals surface area (Å²) in [5.74, 6) is 3.51. The van der Waals surface area contributed by atoms with Gasteiger partial charge in [0.15, 0.2) is 11.5 Å². The van der Waals surface area contributed by atoms with Gasteiger partial charge < -0.3 is 13.9 Å². The van der Waals surface area contributed by atoms with Crippen molar-refractivity contribution in [2.75, 3.05) is 13.2 Å². The largest absolute Gasteiger partial charge is 0.490 e. The number of fused-ring (bicyclic) bond motifs is 1. The second-order valence-electron chi connectivity index (χ2n) is 6.05. The Balaban J connectivity index is 1.68. The Labute approximate surface area is 140 Å². The highest BCUT2D eigenvalue weighted by atomic mass is 32.2. The van der Waals surface area contributed by atoms with E-state index in [0.29, 0.717) is 30.9 Å². The standard InChI is InChI=1S/C17H22N2O3S/c1-11(2)9-16-18-19-17(22-16)12(3)23-13-5-6-14-15(10-13)21-8-4-7-20-14/h5-6,10-12H,4,7-9H2,1-3H3/t12-/m0/s1. The molecule has 23 heavy (non-hydrogen) atoms. The molecule has 1 aromatic carbocycles. The quantitative estimate of drug-likeness (QED) is 0.761. The third-order valence-electron chi connectivity index (χ3n) is 3.44. The molecule has 0 amide bonds. The average molecular weight is 334 g/mol. The third-order valence-corrected chi connectivity index (χ3v) is 4.53. The Bertz CT molecular complexity index is 657. The third kappa shape index (κ3) is 4.19. The lowest BCUT2D eigenvalue weighted by Gasteiger charge is -2.11. The van der Waals surface area contributed by atoms with Gasteiger partial charge in [0.25, 0.3) is 0 Å². The first-order valence-corrected chi connectivity index (χ1v) is 8.88. The molecule has 0 bridgehead atoms. The first kappa shape index (κ1) is 16.2. The molecule has 3 rings (SSSR count). The number of hydrogen-bond acceptors (Lipinski definition) is 6. The number of thioether (sulfide) groups is 1. The van der Waals surface area contributed by atoms with Crippen LogP contribution in [0.1, 0.15) is 44.2 Å². The van der Waals surface area contributed by atoms with Crippen LogP contribution >= 0.6 is 11.8 Å². The molecule has 1 atom stereocenters. The number of hydrogen-bond donors (Lipinski definition) is 0. The van der Waals surface area contributed by atoms with E-state index in [4.69, 9.17) is 13.9 Å². The Morgan fingerprint density at radius 2 is 1.87 bits per heavy atom. The highest BCUT2D eigenvalue weighted by Gasteiger charge is 2.18. The van der Waals surface area contributed by atoms with Crippen LogP contribution in [0.25, 0.3) is 0 Å². The molecule has 0 spiro atoms. The SMILES string of the molecule is CC(C)Cc1nnc([C@H](C)Sc2ccc3c(c2)OCCCO3)o1. The summed E-state index contributed by atoms with van der Waals surface area (Å²) in [4.78, 5) is 1.10. The number of ether oxygens (including phenoxy) is 2. The fourth-order valence-electron chi connectivity index (χ4n) is 2.33. The summed E-state index contributed by atoms with van der Waals surface area (Å²) in [5, 5.41) is 8.39. The van der Waals surface area contributed by atoms with E-state index >= 15 is 0 Å². The number of rotatable bonds is 5. The van der Waals surface area contributed by atoms with Gasteiger partial charge in [0.1, 0.15) is 0 Å². The molecule has 2 heterocycles. The highest BCUT2D eigenvalue weighted by molar-refractivity contribution is 7.99. The first-order chi connectivity index (χ1) is 11.1. The molecule has 0 N–H and O–H groups in total. The molecule has 0 saturated carbocycles. The Morgan fingerprint density at radius 1 is 1.09 bits per heavy atom. The van der Waals surface area contributed by atoms with Crippen molar-refractivity contribution in [2.45, 2.75) is 43.8 Å². The Kier molecular flexibility index (Phi) is 5.10. The van der Waals surface area contributed by atoms with Gasteiger partial charge in [-0.25, -0.2) is 0 Å². The van der Waals surface area contributed by atoms with Crippen molar-refractivity contribution in [1.29, 1.82) is 0 Å². The van der Waals surface area contributed by atoms with Gasteiger partial charge in [-0.2, -0.15) is 0 Å². The molecule has 0 fully saturated rings. The summed E-state index contributed by atoms with van der Waals surface area (Å²) >= 11 is 1.68. The van der Waals surface area contributed by atoms with E-state index in [1.165, 1.54) is 0 Å². The molecule has 2 aromatic rings. The van der Waals surface area contributed by atoms with Crippen LogP contribution in [0.15, 0.2) is 27.5 Å². The number of aromatic nitrogens is 2. The summed E-state index contributed by atoms with van der Waals surface area (Å²) in [7, 11) is 0. The predicted molar refractivity (Wildman–Crippen MR) is 89.2 cm³/mol. The molecule has 1 aliphatic rings. The normalized spacial score (nSPS) is 15.5. The van der Waals surface area contributed by atoms with Gasteiger partial charge in [0.2, 0.25) is 11.8 Å². The lowest BCUT2D eigenvalue weighted by atomic mass is 10.1. The minimum atomic E-state index is 0.0909. The van der Waals surface area contributed by atoms with E-state index in [-0.39, 0.29) is 5.25 Å². The first-order valence-electron chi connectivity index (χ1n) is 8.00. The van der Waals surface area contributed by atoms with Crippen LogP contribution in [0.5, 0.6) is 11.5 Å². The lowest BCUT2D eigenvalue weighted by Crippen LogP contribution is -1.97. The Hall–Kier alpha value is -1.69. The van der Waals surface area contributed by atoms with Gasteiger partial charge in [0.05, 0.1) is 18.5 Å².